The largest absolute Gasteiger partial charge is 0.496 e. The second-order valence-corrected chi connectivity index (χ2v) is 5.48. The fourth-order valence-electron chi connectivity index (χ4n) is 2.31. The van der Waals surface area contributed by atoms with E-state index in [-0.39, 0.29) is 0 Å². The van der Waals surface area contributed by atoms with Crippen molar-refractivity contribution in [2.45, 2.75) is 39.7 Å². The van der Waals surface area contributed by atoms with Gasteiger partial charge in [-0.15, -0.1) is 0 Å². The Bertz CT molecular complexity index is 573. The summed E-state index contributed by atoms with van der Waals surface area (Å²) in [7, 11) is 1.69. The van der Waals surface area contributed by atoms with Crippen molar-refractivity contribution >= 4 is 0 Å². The van der Waals surface area contributed by atoms with E-state index in [9.17, 15) is 0 Å². The van der Waals surface area contributed by atoms with Gasteiger partial charge in [-0.25, -0.2) is 0 Å². The first-order valence-corrected chi connectivity index (χ1v) is 7.50. The first-order chi connectivity index (χ1) is 10.1. The highest BCUT2D eigenvalue weighted by Crippen LogP contribution is 2.24. The summed E-state index contributed by atoms with van der Waals surface area (Å²) >= 11 is 0. The molecule has 0 aliphatic rings. The van der Waals surface area contributed by atoms with Gasteiger partial charge in [-0.3, -0.25) is 0 Å². The fraction of sp³-hybridized carbons (Fsp3) is 0.368. The zero-order chi connectivity index (χ0) is 15.2. The summed E-state index contributed by atoms with van der Waals surface area (Å²) in [5.41, 5.74) is 3.64. The number of methoxy groups -OCH3 is 1. The Hall–Kier alpha value is -1.96. The Labute approximate surface area is 127 Å². The van der Waals surface area contributed by atoms with E-state index in [4.69, 9.17) is 9.47 Å². The molecule has 0 aliphatic carbocycles. The Morgan fingerprint density at radius 2 is 1.76 bits per heavy atom. The van der Waals surface area contributed by atoms with Gasteiger partial charge in [-0.2, -0.15) is 0 Å². The summed E-state index contributed by atoms with van der Waals surface area (Å²) in [6.07, 6.45) is 1.15. The molecule has 2 heteroatoms. The van der Waals surface area contributed by atoms with Crippen molar-refractivity contribution in [2.75, 3.05) is 7.11 Å². The lowest BCUT2D eigenvalue weighted by molar-refractivity contribution is 0.296. The molecule has 0 amide bonds. The van der Waals surface area contributed by atoms with Crippen LogP contribution >= 0.6 is 0 Å². The highest BCUT2D eigenvalue weighted by molar-refractivity contribution is 5.37. The Morgan fingerprint density at radius 3 is 2.38 bits per heavy atom. The first kappa shape index (κ1) is 15.4. The molecule has 0 aromatic heterocycles. The van der Waals surface area contributed by atoms with Crippen molar-refractivity contribution < 1.29 is 9.47 Å². The second-order valence-electron chi connectivity index (χ2n) is 5.48. The van der Waals surface area contributed by atoms with E-state index in [0.29, 0.717) is 12.5 Å². The molecule has 21 heavy (non-hydrogen) atoms. The normalized spacial score (nSPS) is 12.0. The number of ether oxygens (including phenoxy) is 2. The van der Waals surface area contributed by atoms with E-state index >= 15 is 0 Å². The van der Waals surface area contributed by atoms with Crippen LogP contribution in [0.5, 0.6) is 11.5 Å². The zero-order valence-electron chi connectivity index (χ0n) is 13.3. The van der Waals surface area contributed by atoms with Crippen LogP contribution in [0.25, 0.3) is 0 Å². The van der Waals surface area contributed by atoms with Gasteiger partial charge in [0.1, 0.15) is 18.1 Å². The molecule has 0 bridgehead atoms. The molecule has 0 N–H and O–H groups in total. The highest BCUT2D eigenvalue weighted by Gasteiger charge is 2.06. The Morgan fingerprint density at radius 1 is 1.05 bits per heavy atom. The predicted molar refractivity (Wildman–Crippen MR) is 87.2 cm³/mol. The average molecular weight is 284 g/mol. The lowest BCUT2D eigenvalue weighted by Gasteiger charge is -2.13. The maximum absolute atomic E-state index is 5.88. The minimum absolute atomic E-state index is 0.521. The number of hydrogen-bond acceptors (Lipinski definition) is 2. The molecule has 2 aromatic rings. The lowest BCUT2D eigenvalue weighted by Crippen LogP contribution is -1.99. The summed E-state index contributed by atoms with van der Waals surface area (Å²) < 4.78 is 11.3. The van der Waals surface area contributed by atoms with Crippen LogP contribution in [-0.4, -0.2) is 7.11 Å². The molecule has 2 nitrogen and oxygen atoms in total. The van der Waals surface area contributed by atoms with Crippen molar-refractivity contribution in [3.8, 4) is 11.5 Å². The monoisotopic (exact) mass is 284 g/mol. The van der Waals surface area contributed by atoms with Crippen LogP contribution in [-0.2, 0) is 6.61 Å². The van der Waals surface area contributed by atoms with Gasteiger partial charge < -0.3 is 9.47 Å². The number of benzene rings is 2. The van der Waals surface area contributed by atoms with Crippen LogP contribution in [0.1, 0.15) is 42.9 Å². The van der Waals surface area contributed by atoms with Gasteiger partial charge >= 0.3 is 0 Å². The maximum Gasteiger partial charge on any atom is 0.125 e. The highest BCUT2D eigenvalue weighted by atomic mass is 16.5. The summed E-state index contributed by atoms with van der Waals surface area (Å²) in [4.78, 5) is 0. The van der Waals surface area contributed by atoms with Gasteiger partial charge in [0.2, 0.25) is 0 Å². The van der Waals surface area contributed by atoms with E-state index in [2.05, 4.69) is 39.0 Å². The molecule has 0 saturated carbocycles. The van der Waals surface area contributed by atoms with E-state index in [0.717, 1.165) is 23.5 Å². The average Bonchev–Trinajstić information content (AvgIpc) is 2.52. The number of hydrogen-bond donors (Lipinski definition) is 0. The third-order valence-electron chi connectivity index (χ3n) is 3.89. The Kier molecular flexibility index (Phi) is 5.26. The molecular weight excluding hydrogens is 260 g/mol. The van der Waals surface area contributed by atoms with Crippen LogP contribution in [0.15, 0.2) is 42.5 Å². The van der Waals surface area contributed by atoms with Crippen molar-refractivity contribution in [3.63, 3.8) is 0 Å². The number of aryl methyl sites for hydroxylation is 1. The van der Waals surface area contributed by atoms with Gasteiger partial charge in [0.25, 0.3) is 0 Å². The molecule has 1 atom stereocenters. The zero-order valence-corrected chi connectivity index (χ0v) is 13.3. The molecule has 0 fully saturated rings. The second kappa shape index (κ2) is 7.16. The van der Waals surface area contributed by atoms with Crippen LogP contribution in [0.4, 0.5) is 0 Å². The van der Waals surface area contributed by atoms with E-state index in [1.807, 2.05) is 24.3 Å². The SMILES string of the molecule is CCC(C)c1ccc(OCc2cc(C)ccc2OC)cc1. The van der Waals surface area contributed by atoms with Gasteiger partial charge in [-0.05, 0) is 49.1 Å². The van der Waals surface area contributed by atoms with E-state index in [1.165, 1.54) is 11.1 Å². The minimum Gasteiger partial charge on any atom is -0.496 e. The van der Waals surface area contributed by atoms with E-state index in [1.54, 1.807) is 7.11 Å². The number of rotatable bonds is 6. The molecule has 112 valence electrons. The minimum atomic E-state index is 0.521. The van der Waals surface area contributed by atoms with Crippen LogP contribution < -0.4 is 9.47 Å². The van der Waals surface area contributed by atoms with Crippen LogP contribution in [0, 0.1) is 6.92 Å². The topological polar surface area (TPSA) is 18.5 Å². The smallest absolute Gasteiger partial charge is 0.125 e. The predicted octanol–water partition coefficient (Wildman–Crippen LogP) is 5.10. The molecule has 2 aromatic carbocycles. The van der Waals surface area contributed by atoms with Crippen molar-refractivity contribution in [1.29, 1.82) is 0 Å². The fourth-order valence-corrected chi connectivity index (χ4v) is 2.31. The van der Waals surface area contributed by atoms with Gasteiger partial charge in [0, 0.05) is 5.56 Å². The molecule has 0 spiro atoms. The van der Waals surface area contributed by atoms with Crippen molar-refractivity contribution in [3.05, 3.63) is 59.2 Å². The van der Waals surface area contributed by atoms with Crippen LogP contribution in [0.3, 0.4) is 0 Å². The molecule has 2 rings (SSSR count). The van der Waals surface area contributed by atoms with Gasteiger partial charge in [0.05, 0.1) is 7.11 Å². The molecule has 0 aliphatic heterocycles. The van der Waals surface area contributed by atoms with Gasteiger partial charge in [0.15, 0.2) is 0 Å². The Balaban J connectivity index is 2.04. The van der Waals surface area contributed by atoms with Crippen molar-refractivity contribution in [1.82, 2.24) is 0 Å². The third-order valence-corrected chi connectivity index (χ3v) is 3.89. The standard InChI is InChI=1S/C19H24O2/c1-5-15(3)16-7-9-18(10-8-16)21-13-17-12-14(2)6-11-19(17)20-4/h6-12,15H,5,13H2,1-4H3. The molecule has 1 unspecified atom stereocenters. The quantitative estimate of drug-likeness (QED) is 0.735. The first-order valence-electron chi connectivity index (χ1n) is 7.50. The molecule has 0 saturated heterocycles. The molecule has 0 radical (unpaired) electrons. The molecular formula is C19H24O2. The van der Waals surface area contributed by atoms with Crippen LogP contribution in [0.2, 0.25) is 0 Å². The third kappa shape index (κ3) is 4.01. The summed E-state index contributed by atoms with van der Waals surface area (Å²) in [5.74, 6) is 2.36. The maximum atomic E-state index is 5.88. The van der Waals surface area contributed by atoms with E-state index < -0.39 is 0 Å². The summed E-state index contributed by atoms with van der Waals surface area (Å²) in [6, 6.07) is 14.5. The lowest BCUT2D eigenvalue weighted by atomic mass is 9.99. The van der Waals surface area contributed by atoms with Crippen molar-refractivity contribution in [2.24, 2.45) is 0 Å². The summed E-state index contributed by atoms with van der Waals surface area (Å²) in [5, 5.41) is 0. The molecule has 0 heterocycles. The summed E-state index contributed by atoms with van der Waals surface area (Å²) in [6.45, 7) is 7.05. The van der Waals surface area contributed by atoms with Gasteiger partial charge in [-0.1, -0.05) is 37.6 Å².